The highest BCUT2D eigenvalue weighted by Gasteiger charge is 2.29. The zero-order chi connectivity index (χ0) is 20.9. The number of rotatable bonds is 7. The summed E-state index contributed by atoms with van der Waals surface area (Å²) in [7, 11) is 0. The van der Waals surface area contributed by atoms with E-state index < -0.39 is 0 Å². The van der Waals surface area contributed by atoms with Gasteiger partial charge in [0.25, 0.3) is 17.7 Å². The Bertz CT molecular complexity index is 781. The maximum absolute atomic E-state index is 12.6. The molecule has 1 aliphatic carbocycles. The molecule has 3 amide bonds. The van der Waals surface area contributed by atoms with Crippen LogP contribution in [-0.4, -0.2) is 81.0 Å². The zero-order valence-electron chi connectivity index (χ0n) is 17.5. The van der Waals surface area contributed by atoms with E-state index in [1.807, 2.05) is 17.0 Å². The summed E-state index contributed by atoms with van der Waals surface area (Å²) in [5.74, 6) is 0.0682. The lowest BCUT2D eigenvalue weighted by Gasteiger charge is -2.30. The number of likely N-dealkylation sites (tertiary alicyclic amines) is 1. The lowest BCUT2D eigenvalue weighted by atomic mass is 10.1. The van der Waals surface area contributed by atoms with Gasteiger partial charge in [0.15, 0.2) is 13.1 Å². The lowest BCUT2D eigenvalue weighted by Crippen LogP contribution is -3.28. The van der Waals surface area contributed by atoms with Crippen molar-refractivity contribution < 1.29 is 24.2 Å². The van der Waals surface area contributed by atoms with Gasteiger partial charge in [0.1, 0.15) is 26.2 Å². The number of amides is 3. The van der Waals surface area contributed by atoms with E-state index >= 15 is 0 Å². The van der Waals surface area contributed by atoms with Gasteiger partial charge in [0, 0.05) is 19.1 Å². The van der Waals surface area contributed by atoms with Gasteiger partial charge in [-0.3, -0.25) is 14.4 Å². The number of piperazine rings is 1. The molecule has 2 saturated heterocycles. The van der Waals surface area contributed by atoms with Crippen molar-refractivity contribution in [2.75, 3.05) is 57.7 Å². The molecule has 0 radical (unpaired) electrons. The first-order valence-electron chi connectivity index (χ1n) is 11.2. The predicted molar refractivity (Wildman–Crippen MR) is 113 cm³/mol. The van der Waals surface area contributed by atoms with Crippen LogP contribution < -0.4 is 20.4 Å². The molecule has 4 rings (SSSR count). The molecule has 0 unspecified atom stereocenters. The molecule has 0 spiro atoms. The predicted octanol–water partition coefficient (Wildman–Crippen LogP) is -2.08. The van der Waals surface area contributed by atoms with Gasteiger partial charge in [-0.15, -0.1) is 0 Å². The minimum Gasteiger partial charge on any atom is -0.349 e. The van der Waals surface area contributed by atoms with Gasteiger partial charge in [-0.05, 0) is 37.8 Å². The maximum atomic E-state index is 12.6. The summed E-state index contributed by atoms with van der Waals surface area (Å²) in [5, 5.41) is 5.90. The van der Waals surface area contributed by atoms with E-state index in [-0.39, 0.29) is 23.8 Å². The fraction of sp³-hybridized carbons (Fsp3) is 0.591. The summed E-state index contributed by atoms with van der Waals surface area (Å²) in [6.07, 6.45) is 4.31. The molecular weight excluding hydrogens is 382 g/mol. The van der Waals surface area contributed by atoms with Crippen LogP contribution in [-0.2, 0) is 9.59 Å². The van der Waals surface area contributed by atoms with Crippen molar-refractivity contribution in [2.24, 2.45) is 0 Å². The third-order valence-electron chi connectivity index (χ3n) is 6.29. The van der Waals surface area contributed by atoms with Crippen LogP contribution in [0, 0.1) is 0 Å². The molecule has 30 heavy (non-hydrogen) atoms. The van der Waals surface area contributed by atoms with Gasteiger partial charge in [0.05, 0.1) is 11.3 Å². The van der Waals surface area contributed by atoms with Crippen LogP contribution in [0.4, 0.5) is 5.69 Å². The molecule has 2 aliphatic heterocycles. The van der Waals surface area contributed by atoms with Crippen LogP contribution in [0.5, 0.6) is 0 Å². The summed E-state index contributed by atoms with van der Waals surface area (Å²) in [4.78, 5) is 41.9. The molecule has 3 fully saturated rings. The molecule has 3 aliphatic rings. The summed E-state index contributed by atoms with van der Waals surface area (Å²) in [5.41, 5.74) is 1.09. The number of hydrogen-bond acceptors (Lipinski definition) is 3. The Labute approximate surface area is 177 Å². The number of carbonyl (C=O) groups excluding carboxylic acids is 3. The molecule has 162 valence electrons. The quantitative estimate of drug-likeness (QED) is 0.412. The smallest absolute Gasteiger partial charge is 0.279 e. The van der Waals surface area contributed by atoms with Crippen LogP contribution >= 0.6 is 0 Å². The first-order chi connectivity index (χ1) is 14.6. The van der Waals surface area contributed by atoms with Crippen molar-refractivity contribution in [3.63, 3.8) is 0 Å². The number of nitrogens with zero attached hydrogens (tertiary/aromatic N) is 1. The zero-order valence-corrected chi connectivity index (χ0v) is 17.5. The second kappa shape index (κ2) is 9.57. The van der Waals surface area contributed by atoms with E-state index in [4.69, 9.17) is 0 Å². The Morgan fingerprint density at radius 2 is 1.57 bits per heavy atom. The number of carbonyl (C=O) groups is 3. The molecule has 8 nitrogen and oxygen atoms in total. The molecule has 1 aromatic carbocycles. The van der Waals surface area contributed by atoms with Crippen molar-refractivity contribution in [1.82, 2.24) is 10.2 Å². The molecule has 1 saturated carbocycles. The Kier molecular flexibility index (Phi) is 6.64. The van der Waals surface area contributed by atoms with Crippen molar-refractivity contribution in [1.29, 1.82) is 0 Å². The van der Waals surface area contributed by atoms with E-state index in [1.165, 1.54) is 9.80 Å². The average Bonchev–Trinajstić information content (AvgIpc) is 3.37. The largest absolute Gasteiger partial charge is 0.349 e. The molecule has 0 bridgehead atoms. The molecular formula is C22H33N5O3+2. The Balaban J connectivity index is 1.22. The molecule has 8 heteroatoms. The number of hydrogen-bond donors (Lipinski definition) is 4. The van der Waals surface area contributed by atoms with E-state index in [0.717, 1.165) is 65.0 Å². The SMILES string of the molecule is O=C(C[NH+]1CC[NH+](CC(=O)N2CCCC2)CC1)Nc1ccccc1C(=O)NC1CC1. The molecule has 0 atom stereocenters. The minimum atomic E-state index is -0.124. The number of para-hydroxylation sites is 1. The number of quaternary nitrogens is 2. The van der Waals surface area contributed by atoms with Gasteiger partial charge in [-0.2, -0.15) is 0 Å². The van der Waals surface area contributed by atoms with E-state index in [1.54, 1.807) is 12.1 Å². The fourth-order valence-electron chi connectivity index (χ4n) is 4.31. The first kappa shape index (κ1) is 20.8. The Morgan fingerprint density at radius 1 is 0.933 bits per heavy atom. The highest BCUT2D eigenvalue weighted by Crippen LogP contribution is 2.21. The summed E-state index contributed by atoms with van der Waals surface area (Å²) < 4.78 is 0. The first-order valence-corrected chi connectivity index (χ1v) is 11.2. The molecule has 0 aromatic heterocycles. The van der Waals surface area contributed by atoms with Crippen LogP contribution in [0.15, 0.2) is 24.3 Å². The summed E-state index contributed by atoms with van der Waals surface area (Å²) in [6.45, 7) is 6.33. The molecule has 2 heterocycles. The van der Waals surface area contributed by atoms with Crippen LogP contribution in [0.3, 0.4) is 0 Å². The number of anilines is 1. The van der Waals surface area contributed by atoms with Gasteiger partial charge in [-0.1, -0.05) is 12.1 Å². The van der Waals surface area contributed by atoms with Crippen LogP contribution in [0.25, 0.3) is 0 Å². The standard InChI is InChI=1S/C22H31N5O3/c28-20(24-19-6-2-1-5-18(19)22(30)23-17-7-8-17)15-25-11-13-26(14-12-25)16-21(29)27-9-3-4-10-27/h1-2,5-6,17H,3-4,7-16H2,(H,23,30)(H,24,28)/p+2. The third kappa shape index (κ3) is 5.58. The van der Waals surface area contributed by atoms with Crippen LogP contribution in [0.2, 0.25) is 0 Å². The fourth-order valence-corrected chi connectivity index (χ4v) is 4.31. The minimum absolute atomic E-state index is 0.0757. The third-order valence-corrected chi connectivity index (χ3v) is 6.29. The van der Waals surface area contributed by atoms with Crippen molar-refractivity contribution in [3.8, 4) is 0 Å². The van der Waals surface area contributed by atoms with Crippen LogP contribution in [0.1, 0.15) is 36.0 Å². The Morgan fingerprint density at radius 3 is 2.23 bits per heavy atom. The van der Waals surface area contributed by atoms with Gasteiger partial charge >= 0.3 is 0 Å². The van der Waals surface area contributed by atoms with Crippen molar-refractivity contribution in [2.45, 2.75) is 31.7 Å². The Hall–Kier alpha value is -2.45. The second-order valence-corrected chi connectivity index (χ2v) is 8.78. The number of benzene rings is 1. The topological polar surface area (TPSA) is 87.4 Å². The van der Waals surface area contributed by atoms with Gasteiger partial charge < -0.3 is 25.3 Å². The average molecular weight is 416 g/mol. The summed E-state index contributed by atoms with van der Waals surface area (Å²) >= 11 is 0. The summed E-state index contributed by atoms with van der Waals surface area (Å²) in [6, 6.07) is 7.45. The second-order valence-electron chi connectivity index (χ2n) is 8.78. The molecule has 4 N–H and O–H groups in total. The maximum Gasteiger partial charge on any atom is 0.279 e. The number of nitrogens with one attached hydrogen (secondary N) is 4. The molecule has 1 aromatic rings. The highest BCUT2D eigenvalue weighted by atomic mass is 16.2. The monoisotopic (exact) mass is 415 g/mol. The highest BCUT2D eigenvalue weighted by molar-refractivity contribution is 6.04. The van der Waals surface area contributed by atoms with Crippen molar-refractivity contribution in [3.05, 3.63) is 29.8 Å². The van der Waals surface area contributed by atoms with E-state index in [9.17, 15) is 14.4 Å². The van der Waals surface area contributed by atoms with E-state index in [0.29, 0.717) is 24.3 Å². The van der Waals surface area contributed by atoms with Crippen molar-refractivity contribution >= 4 is 23.4 Å². The van der Waals surface area contributed by atoms with Gasteiger partial charge in [-0.25, -0.2) is 0 Å². The normalized spacial score (nSPS) is 23.8. The lowest BCUT2D eigenvalue weighted by molar-refractivity contribution is -1.00. The van der Waals surface area contributed by atoms with Gasteiger partial charge in [0.2, 0.25) is 0 Å². The van der Waals surface area contributed by atoms with E-state index in [2.05, 4.69) is 10.6 Å².